The molecule has 4 aliphatic rings. The topological polar surface area (TPSA) is 3.24 Å². The SMILES string of the molecule is CCCC(C)C.CC[C@H]1CCC2C3CC=C4CCCC[C@]4(C)C3CC[C@@]21C.CN(C)C. The van der Waals surface area contributed by atoms with Gasteiger partial charge in [0.2, 0.25) is 0 Å². The summed E-state index contributed by atoms with van der Waals surface area (Å²) in [7, 11) is 6.00. The molecule has 0 bridgehead atoms. The molecule has 0 amide bonds. The van der Waals surface area contributed by atoms with E-state index in [0.717, 1.165) is 29.6 Å². The molecule has 1 heteroatoms. The molecule has 0 aliphatic heterocycles. The first kappa shape index (κ1) is 26.9. The van der Waals surface area contributed by atoms with Crippen LogP contribution in [0.2, 0.25) is 0 Å². The molecule has 4 rings (SSSR count). The van der Waals surface area contributed by atoms with Crippen molar-refractivity contribution < 1.29 is 0 Å². The van der Waals surface area contributed by atoms with Gasteiger partial charge in [0, 0.05) is 0 Å². The minimum absolute atomic E-state index is 0.590. The Morgan fingerprint density at radius 3 is 2.19 bits per heavy atom. The molecule has 31 heavy (non-hydrogen) atoms. The van der Waals surface area contributed by atoms with Gasteiger partial charge in [-0.15, -0.1) is 0 Å². The number of allylic oxidation sites excluding steroid dienone is 2. The van der Waals surface area contributed by atoms with E-state index in [0.29, 0.717) is 10.8 Å². The average molecular weight is 432 g/mol. The fourth-order valence-corrected chi connectivity index (χ4v) is 8.05. The van der Waals surface area contributed by atoms with Crippen molar-refractivity contribution in [1.29, 1.82) is 0 Å². The van der Waals surface area contributed by atoms with Crippen LogP contribution in [0.15, 0.2) is 11.6 Å². The number of hydrogen-bond acceptors (Lipinski definition) is 1. The smallest absolute Gasteiger partial charge is 0.00853 e. The molecule has 6 atom stereocenters. The van der Waals surface area contributed by atoms with Gasteiger partial charge in [-0.05, 0) is 113 Å². The molecule has 3 fully saturated rings. The van der Waals surface area contributed by atoms with E-state index in [9.17, 15) is 0 Å². The number of fused-ring (bicyclic) bond motifs is 5. The van der Waals surface area contributed by atoms with Gasteiger partial charge in [0.05, 0.1) is 0 Å². The van der Waals surface area contributed by atoms with Crippen LogP contribution in [0, 0.1) is 40.4 Å². The molecule has 3 unspecified atom stereocenters. The van der Waals surface area contributed by atoms with E-state index in [1.54, 1.807) is 0 Å². The van der Waals surface area contributed by atoms with Crippen LogP contribution in [-0.4, -0.2) is 26.0 Å². The molecule has 3 saturated carbocycles. The molecule has 0 aromatic heterocycles. The number of rotatable bonds is 3. The third-order valence-corrected chi connectivity index (χ3v) is 9.57. The summed E-state index contributed by atoms with van der Waals surface area (Å²) in [5, 5.41) is 0. The molecular formula is C30H57N. The van der Waals surface area contributed by atoms with E-state index in [2.05, 4.69) is 47.6 Å². The van der Waals surface area contributed by atoms with Gasteiger partial charge in [-0.25, -0.2) is 0 Å². The normalized spacial score (nSPS) is 38.7. The second-order valence-corrected chi connectivity index (χ2v) is 12.7. The van der Waals surface area contributed by atoms with Crippen molar-refractivity contribution in [2.45, 2.75) is 119 Å². The quantitative estimate of drug-likeness (QED) is 0.403. The summed E-state index contributed by atoms with van der Waals surface area (Å²) in [4.78, 5) is 2.00. The Hall–Kier alpha value is -0.300. The maximum atomic E-state index is 2.71. The zero-order chi connectivity index (χ0) is 23.2. The second kappa shape index (κ2) is 11.7. The lowest BCUT2D eigenvalue weighted by Gasteiger charge is -2.57. The van der Waals surface area contributed by atoms with Gasteiger partial charge in [-0.3, -0.25) is 0 Å². The molecule has 4 aliphatic carbocycles. The molecule has 182 valence electrons. The lowest BCUT2D eigenvalue weighted by atomic mass is 9.47. The van der Waals surface area contributed by atoms with E-state index in [4.69, 9.17) is 0 Å². The highest BCUT2D eigenvalue weighted by Crippen LogP contribution is 2.66. The number of hydrogen-bond donors (Lipinski definition) is 0. The van der Waals surface area contributed by atoms with Crippen molar-refractivity contribution in [2.24, 2.45) is 40.4 Å². The molecule has 0 saturated heterocycles. The molecule has 1 nitrogen and oxygen atoms in total. The third-order valence-electron chi connectivity index (χ3n) is 9.57. The van der Waals surface area contributed by atoms with Crippen LogP contribution in [0.5, 0.6) is 0 Å². The van der Waals surface area contributed by atoms with Crippen LogP contribution in [0.25, 0.3) is 0 Å². The van der Waals surface area contributed by atoms with Gasteiger partial charge in [-0.2, -0.15) is 0 Å². The highest BCUT2D eigenvalue weighted by Gasteiger charge is 2.57. The van der Waals surface area contributed by atoms with Crippen LogP contribution < -0.4 is 0 Å². The van der Waals surface area contributed by atoms with Crippen LogP contribution in [0.3, 0.4) is 0 Å². The summed E-state index contributed by atoms with van der Waals surface area (Å²) in [5.41, 5.74) is 3.14. The van der Waals surface area contributed by atoms with E-state index in [1.807, 2.05) is 31.6 Å². The molecule has 0 N–H and O–H groups in total. The summed E-state index contributed by atoms with van der Waals surface area (Å²) in [6.07, 6.45) is 20.2. The van der Waals surface area contributed by atoms with Crippen LogP contribution >= 0.6 is 0 Å². The minimum atomic E-state index is 0.590. The number of nitrogens with zero attached hydrogens (tertiary/aromatic N) is 1. The highest BCUT2D eigenvalue weighted by molar-refractivity contribution is 5.24. The van der Waals surface area contributed by atoms with Crippen molar-refractivity contribution in [3.8, 4) is 0 Å². The monoisotopic (exact) mass is 431 g/mol. The first-order valence-electron chi connectivity index (χ1n) is 13.9. The van der Waals surface area contributed by atoms with E-state index in [-0.39, 0.29) is 0 Å². The van der Waals surface area contributed by atoms with Crippen molar-refractivity contribution >= 4 is 0 Å². The first-order valence-corrected chi connectivity index (χ1v) is 13.9. The second-order valence-electron chi connectivity index (χ2n) is 12.7. The van der Waals surface area contributed by atoms with Gasteiger partial charge in [0.1, 0.15) is 0 Å². The first-order chi connectivity index (χ1) is 14.6. The molecule has 0 radical (unpaired) electrons. The van der Waals surface area contributed by atoms with E-state index < -0.39 is 0 Å². The Morgan fingerprint density at radius 2 is 1.65 bits per heavy atom. The Labute approximate surface area is 196 Å². The summed E-state index contributed by atoms with van der Waals surface area (Å²) in [5.74, 6) is 5.00. The Morgan fingerprint density at radius 1 is 0.968 bits per heavy atom. The maximum absolute atomic E-state index is 2.71. The fraction of sp³-hybridized carbons (Fsp3) is 0.933. The fourth-order valence-electron chi connectivity index (χ4n) is 8.05. The predicted molar refractivity (Wildman–Crippen MR) is 139 cm³/mol. The maximum Gasteiger partial charge on any atom is -0.00853 e. The summed E-state index contributed by atoms with van der Waals surface area (Å²) >= 11 is 0. The summed E-state index contributed by atoms with van der Waals surface area (Å²) in [6, 6.07) is 0. The predicted octanol–water partition coefficient (Wildman–Crippen LogP) is 8.99. The lowest BCUT2D eigenvalue weighted by Crippen LogP contribution is -2.49. The van der Waals surface area contributed by atoms with Crippen molar-refractivity contribution in [1.82, 2.24) is 4.90 Å². The van der Waals surface area contributed by atoms with E-state index in [1.165, 1.54) is 77.0 Å². The Kier molecular flexibility index (Phi) is 10.2. The zero-order valence-corrected chi connectivity index (χ0v) is 22.9. The van der Waals surface area contributed by atoms with Crippen molar-refractivity contribution in [3.05, 3.63) is 11.6 Å². The molecular weight excluding hydrogens is 374 g/mol. The highest BCUT2D eigenvalue weighted by atomic mass is 15.0. The lowest BCUT2D eigenvalue weighted by molar-refractivity contribution is -0.0415. The summed E-state index contributed by atoms with van der Waals surface area (Å²) in [6.45, 7) is 14.5. The Bertz CT molecular complexity index is 558. The third kappa shape index (κ3) is 6.18. The van der Waals surface area contributed by atoms with Crippen LogP contribution in [0.4, 0.5) is 0 Å². The van der Waals surface area contributed by atoms with Crippen LogP contribution in [-0.2, 0) is 0 Å². The van der Waals surface area contributed by atoms with E-state index >= 15 is 0 Å². The largest absolute Gasteiger partial charge is 0.312 e. The Balaban J connectivity index is 0.000000289. The van der Waals surface area contributed by atoms with Gasteiger partial charge in [0.25, 0.3) is 0 Å². The zero-order valence-electron chi connectivity index (χ0n) is 22.9. The molecule has 0 aromatic rings. The molecule has 0 aromatic carbocycles. The van der Waals surface area contributed by atoms with Crippen LogP contribution in [0.1, 0.15) is 119 Å². The van der Waals surface area contributed by atoms with Gasteiger partial charge >= 0.3 is 0 Å². The van der Waals surface area contributed by atoms with Gasteiger partial charge < -0.3 is 4.90 Å². The van der Waals surface area contributed by atoms with Gasteiger partial charge in [0.15, 0.2) is 0 Å². The standard InChI is InChI=1S/C21H34.C6H14.C3H9N/c1-4-15-9-11-18-17-10-8-16-7-5-6-13-20(16,2)19(17)12-14-21(15,18)3;1-4-5-6(2)3;1-4(2)3/h8,15,17-19H,4-7,9-14H2,1-3H3;6H,4-5H2,1-3H3;1-3H3/t15-,17?,18?,19?,20-,21+;;/m0../s1. The summed E-state index contributed by atoms with van der Waals surface area (Å²) < 4.78 is 0. The minimum Gasteiger partial charge on any atom is -0.312 e. The van der Waals surface area contributed by atoms with Gasteiger partial charge in [-0.1, -0.05) is 78.9 Å². The molecule has 0 spiro atoms. The van der Waals surface area contributed by atoms with Crippen molar-refractivity contribution in [2.75, 3.05) is 21.1 Å². The van der Waals surface area contributed by atoms with Crippen molar-refractivity contribution in [3.63, 3.8) is 0 Å². The molecule has 0 heterocycles. The average Bonchev–Trinajstić information content (AvgIpc) is 3.04.